The average Bonchev–Trinajstić information content (AvgIpc) is 2.41. The van der Waals surface area contributed by atoms with Crippen molar-refractivity contribution < 1.29 is 38.9 Å². The Kier molecular flexibility index (Phi) is 12.6. The number of hydrogen-bond donors (Lipinski definition) is 0. The van der Waals surface area contributed by atoms with Crippen molar-refractivity contribution in [3.8, 4) is 0 Å². The number of esters is 1. The number of carbonyl (C=O) groups excluding carboxylic acids is 1. The minimum absolute atomic E-state index is 0. The van der Waals surface area contributed by atoms with Crippen LogP contribution in [0.3, 0.4) is 0 Å². The number of aliphatic imine (C=N–C) groups is 1. The molecule has 0 fully saturated rings. The fourth-order valence-corrected chi connectivity index (χ4v) is 1.48. The van der Waals surface area contributed by atoms with Crippen molar-refractivity contribution in [1.29, 1.82) is 0 Å². The van der Waals surface area contributed by atoms with E-state index >= 15 is 0 Å². The van der Waals surface area contributed by atoms with E-state index in [9.17, 15) is 9.90 Å². The Bertz CT molecular complexity index is 489. The first kappa shape index (κ1) is 24.6. The van der Waals surface area contributed by atoms with Gasteiger partial charge in [-0.2, -0.15) is 0 Å². The molecule has 0 aliphatic heterocycles. The van der Waals surface area contributed by atoms with E-state index in [2.05, 4.69) is 11.9 Å². The van der Waals surface area contributed by atoms with Gasteiger partial charge in [0.2, 0.25) is 0 Å². The molecule has 1 rings (SSSR count). The first-order valence-corrected chi connectivity index (χ1v) is 6.75. The zero-order valence-corrected chi connectivity index (χ0v) is 19.1. The summed E-state index contributed by atoms with van der Waals surface area (Å²) in [6.45, 7) is 8.94. The standard InChI is InChI=1S/C16H22NO4.HI.Zn/c1-5-13(17-15(19)21-16(2,3)4)14(18)20-11-12-9-7-6-8-10-12;;/h6-10,13H,1,5,11H2,2-4H3,(H,17,19);1H;/p-1/t13-;;/m0../s1. The second kappa shape index (κ2) is 11.8. The summed E-state index contributed by atoms with van der Waals surface area (Å²) < 4.78 is 10.2. The van der Waals surface area contributed by atoms with Gasteiger partial charge in [0, 0.05) is 25.1 Å². The Labute approximate surface area is 167 Å². The van der Waals surface area contributed by atoms with Gasteiger partial charge in [-0.15, -0.1) is 24.0 Å². The molecule has 0 saturated heterocycles. The van der Waals surface area contributed by atoms with Gasteiger partial charge in [-0.25, -0.2) is 4.79 Å². The molecular formula is C16H22INO4Zn-. The van der Waals surface area contributed by atoms with Gasteiger partial charge < -0.3 is 14.6 Å². The van der Waals surface area contributed by atoms with Crippen LogP contribution in [0.2, 0.25) is 0 Å². The van der Waals surface area contributed by atoms with Crippen molar-refractivity contribution in [2.45, 2.75) is 45.4 Å². The molecule has 5 nitrogen and oxygen atoms in total. The van der Waals surface area contributed by atoms with E-state index < -0.39 is 23.7 Å². The second-order valence-corrected chi connectivity index (χ2v) is 5.51. The molecule has 23 heavy (non-hydrogen) atoms. The van der Waals surface area contributed by atoms with Gasteiger partial charge in [0.1, 0.15) is 18.7 Å². The zero-order valence-electron chi connectivity index (χ0n) is 13.8. The Hall–Kier alpha value is -0.687. The first-order valence-electron chi connectivity index (χ1n) is 6.75. The molecule has 7 heteroatoms. The van der Waals surface area contributed by atoms with Gasteiger partial charge >= 0.3 is 5.97 Å². The molecule has 0 unspecified atom stereocenters. The summed E-state index contributed by atoms with van der Waals surface area (Å²) in [5.41, 5.74) is 0.214. The van der Waals surface area contributed by atoms with E-state index in [1.807, 2.05) is 30.3 Å². The van der Waals surface area contributed by atoms with Gasteiger partial charge in [0.25, 0.3) is 0 Å². The van der Waals surface area contributed by atoms with Crippen molar-refractivity contribution in [3.05, 3.63) is 42.8 Å². The first-order chi connectivity index (χ1) is 9.81. The van der Waals surface area contributed by atoms with Crippen LogP contribution in [0.5, 0.6) is 0 Å². The third-order valence-electron chi connectivity index (χ3n) is 2.42. The molecule has 1 atom stereocenters. The van der Waals surface area contributed by atoms with Crippen LogP contribution < -0.4 is 5.11 Å². The normalized spacial score (nSPS) is 12.4. The predicted molar refractivity (Wildman–Crippen MR) is 93.7 cm³/mol. The molecule has 0 spiro atoms. The van der Waals surface area contributed by atoms with E-state index in [4.69, 9.17) is 9.47 Å². The smallest absolute Gasteiger partial charge is 0.331 e. The maximum absolute atomic E-state index is 11.9. The van der Waals surface area contributed by atoms with Crippen LogP contribution in [0.4, 0.5) is 0 Å². The van der Waals surface area contributed by atoms with Crippen molar-refractivity contribution in [2.75, 3.05) is 0 Å². The van der Waals surface area contributed by atoms with E-state index in [0.717, 1.165) is 5.56 Å². The molecule has 0 amide bonds. The number of carbonyl (C=O) groups is 1. The molecule has 1 radical (unpaired) electrons. The number of halogens is 1. The molecule has 0 aliphatic rings. The maximum atomic E-state index is 11.9. The molecule has 1 aromatic carbocycles. The molecule has 0 aromatic heterocycles. The molecule has 1 aromatic rings. The molecular weight excluding hydrogens is 462 g/mol. The van der Waals surface area contributed by atoms with E-state index in [1.54, 1.807) is 20.8 Å². The Morgan fingerprint density at radius 1 is 1.30 bits per heavy atom. The number of rotatable bonds is 5. The molecule has 0 N–H and O–H groups in total. The minimum atomic E-state index is -0.941. The van der Waals surface area contributed by atoms with Crippen molar-refractivity contribution in [3.63, 3.8) is 0 Å². The SMILES string of the molecule is I.[CH2]C[C@H](N=C([O-])OC(C)(C)C)C(=O)OCc1ccccc1.[Zn]. The molecule has 0 aliphatic carbocycles. The summed E-state index contributed by atoms with van der Waals surface area (Å²) in [6.07, 6.45) is -0.653. The number of nitrogens with zero attached hydrogens (tertiary/aromatic N) is 1. The van der Waals surface area contributed by atoms with Crippen LogP contribution in [0.15, 0.2) is 35.3 Å². The molecule has 0 heterocycles. The summed E-state index contributed by atoms with van der Waals surface area (Å²) in [5.74, 6) is -0.584. The van der Waals surface area contributed by atoms with E-state index in [0.29, 0.717) is 0 Å². The van der Waals surface area contributed by atoms with Crippen LogP contribution in [0, 0.1) is 6.92 Å². The number of hydrogen-bond acceptors (Lipinski definition) is 5. The fraction of sp³-hybridized carbons (Fsp3) is 0.438. The third kappa shape index (κ3) is 10.7. The van der Waals surface area contributed by atoms with Crippen LogP contribution in [0.1, 0.15) is 32.8 Å². The third-order valence-corrected chi connectivity index (χ3v) is 2.42. The summed E-state index contributed by atoms with van der Waals surface area (Å²) in [4.78, 5) is 15.6. The summed E-state index contributed by atoms with van der Waals surface area (Å²) in [6, 6.07) is 8.33. The fourth-order valence-electron chi connectivity index (χ4n) is 1.48. The van der Waals surface area contributed by atoms with Crippen LogP contribution >= 0.6 is 24.0 Å². The van der Waals surface area contributed by atoms with Gasteiger partial charge in [0.05, 0.1) is 0 Å². The van der Waals surface area contributed by atoms with Gasteiger partial charge in [-0.1, -0.05) is 58.0 Å². The second-order valence-electron chi connectivity index (χ2n) is 5.51. The van der Waals surface area contributed by atoms with Crippen LogP contribution in [0.25, 0.3) is 0 Å². The molecule has 125 valence electrons. The van der Waals surface area contributed by atoms with Gasteiger partial charge in [0.15, 0.2) is 0 Å². The summed E-state index contributed by atoms with van der Waals surface area (Å²) in [7, 11) is 0. The van der Waals surface area contributed by atoms with Crippen molar-refractivity contribution >= 4 is 36.0 Å². The molecule has 0 bridgehead atoms. The molecule has 0 saturated carbocycles. The maximum Gasteiger partial charge on any atom is 0.331 e. The Balaban J connectivity index is 0. The predicted octanol–water partition coefficient (Wildman–Crippen LogP) is 2.47. The number of ether oxygens (including phenoxy) is 2. The zero-order chi connectivity index (χ0) is 15.9. The number of benzene rings is 1. The van der Waals surface area contributed by atoms with Crippen molar-refractivity contribution in [1.82, 2.24) is 0 Å². The quantitative estimate of drug-likeness (QED) is 0.212. The van der Waals surface area contributed by atoms with Gasteiger partial charge in [-0.3, -0.25) is 4.99 Å². The van der Waals surface area contributed by atoms with E-state index in [1.165, 1.54) is 0 Å². The average molecular weight is 485 g/mol. The Morgan fingerprint density at radius 2 is 1.87 bits per heavy atom. The van der Waals surface area contributed by atoms with Crippen LogP contribution in [-0.4, -0.2) is 23.7 Å². The van der Waals surface area contributed by atoms with Gasteiger partial charge in [-0.05, 0) is 12.0 Å². The summed E-state index contributed by atoms with van der Waals surface area (Å²) in [5, 5.41) is 11.6. The summed E-state index contributed by atoms with van der Waals surface area (Å²) >= 11 is 0. The monoisotopic (exact) mass is 483 g/mol. The Morgan fingerprint density at radius 3 is 2.35 bits per heavy atom. The largest absolute Gasteiger partial charge is 0.595 e. The topological polar surface area (TPSA) is 71.0 Å². The van der Waals surface area contributed by atoms with Crippen molar-refractivity contribution in [2.24, 2.45) is 4.99 Å². The minimum Gasteiger partial charge on any atom is -0.595 e. The van der Waals surface area contributed by atoms with Crippen LogP contribution in [-0.2, 0) is 40.4 Å². The van der Waals surface area contributed by atoms with E-state index in [-0.39, 0.29) is 56.5 Å².